The number of rotatable bonds is 4. The molecule has 0 bridgehead atoms. The quantitative estimate of drug-likeness (QED) is 0.668. The molecule has 0 aromatic carbocycles. The summed E-state index contributed by atoms with van der Waals surface area (Å²) in [5, 5.41) is 0. The summed E-state index contributed by atoms with van der Waals surface area (Å²) >= 11 is 0. The van der Waals surface area contributed by atoms with Crippen molar-refractivity contribution in [3.05, 3.63) is 40.7 Å². The molecule has 3 aliphatic rings. The molecule has 0 spiro atoms. The average molecular weight is 450 g/mol. The first-order valence-electron chi connectivity index (χ1n) is 10.6. The Morgan fingerprint density at radius 3 is 2.47 bits per heavy atom. The fourth-order valence-corrected chi connectivity index (χ4v) is 4.38. The first-order valence-corrected chi connectivity index (χ1v) is 10.6. The summed E-state index contributed by atoms with van der Waals surface area (Å²) in [7, 11) is 0. The molecular weight excluding hydrogens is 428 g/mol. The Morgan fingerprint density at radius 2 is 1.81 bits per heavy atom. The molecule has 5 rings (SSSR count). The lowest BCUT2D eigenvalue weighted by molar-refractivity contribution is -0.141. The number of carbonyl (C=O) groups excluding carboxylic acids is 1. The highest BCUT2D eigenvalue weighted by Gasteiger charge is 2.38. The van der Waals surface area contributed by atoms with Crippen molar-refractivity contribution in [3.8, 4) is 0 Å². The molecule has 0 unspecified atom stereocenters. The van der Waals surface area contributed by atoms with Crippen LogP contribution in [0.25, 0.3) is 0 Å². The van der Waals surface area contributed by atoms with Crippen molar-refractivity contribution in [2.24, 2.45) is 5.92 Å². The van der Waals surface area contributed by atoms with Crippen molar-refractivity contribution in [2.75, 3.05) is 36.0 Å². The van der Waals surface area contributed by atoms with Crippen LogP contribution in [0, 0.1) is 18.7 Å². The summed E-state index contributed by atoms with van der Waals surface area (Å²) in [5.74, 6) is 0.370. The van der Waals surface area contributed by atoms with Crippen LogP contribution in [-0.2, 0) is 24.1 Å². The monoisotopic (exact) mass is 450 g/mol. The summed E-state index contributed by atoms with van der Waals surface area (Å²) in [6.45, 7) is 5.21. The van der Waals surface area contributed by atoms with Crippen molar-refractivity contribution in [1.82, 2.24) is 19.9 Å². The first kappa shape index (κ1) is 20.9. The largest absolute Gasteiger partial charge is 0.433 e. The maximum atomic E-state index is 14.0. The molecule has 170 valence electrons. The van der Waals surface area contributed by atoms with Gasteiger partial charge in [-0.3, -0.25) is 4.79 Å². The Hall–Kier alpha value is -2.98. The second kappa shape index (κ2) is 7.56. The van der Waals surface area contributed by atoms with Crippen molar-refractivity contribution >= 4 is 17.5 Å². The maximum absolute atomic E-state index is 14.0. The van der Waals surface area contributed by atoms with Gasteiger partial charge in [0.15, 0.2) is 11.6 Å². The van der Waals surface area contributed by atoms with Gasteiger partial charge in [-0.05, 0) is 25.5 Å². The molecule has 0 aliphatic carbocycles. The number of pyridine rings is 1. The van der Waals surface area contributed by atoms with E-state index in [9.17, 15) is 22.4 Å². The van der Waals surface area contributed by atoms with Gasteiger partial charge in [0.2, 0.25) is 5.91 Å². The molecule has 0 saturated carbocycles. The number of amides is 1. The molecule has 11 heteroatoms. The molecule has 2 saturated heterocycles. The number of hydrogen-bond donors (Lipinski definition) is 0. The molecule has 2 fully saturated rings. The zero-order chi connectivity index (χ0) is 22.6. The molecule has 7 nitrogen and oxygen atoms in total. The lowest BCUT2D eigenvalue weighted by Gasteiger charge is -2.40. The standard InChI is InChI=1S/C21H22F4N6O/c1-12-26-16-11-30(10-14(16)19(27-12)29-5-2-6-29)18(32)7-13-8-31(9-13)20-15(22)3-4-17(28-20)21(23,24)25/h3-4,13H,2,5-11H2,1H3. The second-order valence-corrected chi connectivity index (χ2v) is 8.58. The zero-order valence-corrected chi connectivity index (χ0v) is 17.5. The van der Waals surface area contributed by atoms with Crippen LogP contribution in [0.4, 0.5) is 29.2 Å². The minimum absolute atomic E-state index is 0.0441. The van der Waals surface area contributed by atoms with Crippen LogP contribution in [0.1, 0.15) is 35.6 Å². The predicted octanol–water partition coefficient (Wildman–Crippen LogP) is 2.92. The van der Waals surface area contributed by atoms with E-state index in [-0.39, 0.29) is 37.2 Å². The second-order valence-electron chi connectivity index (χ2n) is 8.58. The molecule has 2 aromatic heterocycles. The van der Waals surface area contributed by atoms with Crippen LogP contribution in [0.3, 0.4) is 0 Å². The highest BCUT2D eigenvalue weighted by Crippen LogP contribution is 2.35. The van der Waals surface area contributed by atoms with Crippen LogP contribution in [0.2, 0.25) is 0 Å². The number of aryl methyl sites for hydroxylation is 1. The van der Waals surface area contributed by atoms with E-state index in [1.54, 1.807) is 4.90 Å². The van der Waals surface area contributed by atoms with Crippen molar-refractivity contribution in [2.45, 2.75) is 39.0 Å². The molecule has 3 aliphatic heterocycles. The molecule has 0 atom stereocenters. The number of alkyl halides is 3. The van der Waals surface area contributed by atoms with Gasteiger partial charge in [0, 0.05) is 44.1 Å². The van der Waals surface area contributed by atoms with E-state index in [2.05, 4.69) is 19.9 Å². The lowest BCUT2D eigenvalue weighted by Crippen LogP contribution is -2.49. The Kier molecular flexibility index (Phi) is 4.94. The molecule has 0 N–H and O–H groups in total. The Labute approximate surface area is 182 Å². The fraction of sp³-hybridized carbons (Fsp3) is 0.524. The van der Waals surface area contributed by atoms with Gasteiger partial charge in [-0.1, -0.05) is 0 Å². The van der Waals surface area contributed by atoms with Crippen LogP contribution in [-0.4, -0.2) is 51.9 Å². The van der Waals surface area contributed by atoms with E-state index >= 15 is 0 Å². The summed E-state index contributed by atoms with van der Waals surface area (Å²) in [5.41, 5.74) is 0.741. The minimum atomic E-state index is -4.64. The molecule has 32 heavy (non-hydrogen) atoms. The zero-order valence-electron chi connectivity index (χ0n) is 17.5. The van der Waals surface area contributed by atoms with Gasteiger partial charge in [0.1, 0.15) is 17.3 Å². The van der Waals surface area contributed by atoms with Gasteiger partial charge in [0.05, 0.1) is 18.8 Å². The summed E-state index contributed by atoms with van der Waals surface area (Å²) in [6, 6.07) is 1.41. The van der Waals surface area contributed by atoms with Crippen LogP contribution < -0.4 is 9.80 Å². The smallest absolute Gasteiger partial charge is 0.356 e. The third kappa shape index (κ3) is 3.73. The van der Waals surface area contributed by atoms with E-state index in [1.165, 1.54) is 4.90 Å². The van der Waals surface area contributed by atoms with Gasteiger partial charge in [0.25, 0.3) is 0 Å². The van der Waals surface area contributed by atoms with Crippen LogP contribution in [0.5, 0.6) is 0 Å². The molecular formula is C21H22F4N6O. The normalized spacial score (nSPS) is 18.5. The number of hydrogen-bond acceptors (Lipinski definition) is 6. The van der Waals surface area contributed by atoms with Crippen molar-refractivity contribution < 1.29 is 22.4 Å². The average Bonchev–Trinajstić information content (AvgIpc) is 3.07. The van der Waals surface area contributed by atoms with E-state index in [0.29, 0.717) is 25.0 Å². The molecule has 0 radical (unpaired) electrons. The van der Waals surface area contributed by atoms with Crippen LogP contribution >= 0.6 is 0 Å². The fourth-order valence-electron chi connectivity index (χ4n) is 4.38. The van der Waals surface area contributed by atoms with E-state index in [0.717, 1.165) is 42.7 Å². The number of halogens is 4. The minimum Gasteiger partial charge on any atom is -0.356 e. The van der Waals surface area contributed by atoms with Gasteiger partial charge in [-0.25, -0.2) is 19.3 Å². The van der Waals surface area contributed by atoms with E-state index in [1.807, 2.05) is 6.92 Å². The third-order valence-electron chi connectivity index (χ3n) is 6.22. The topological polar surface area (TPSA) is 65.5 Å². The molecule has 2 aromatic rings. The van der Waals surface area contributed by atoms with Gasteiger partial charge >= 0.3 is 6.18 Å². The highest BCUT2D eigenvalue weighted by atomic mass is 19.4. The van der Waals surface area contributed by atoms with E-state index in [4.69, 9.17) is 0 Å². The predicted molar refractivity (Wildman–Crippen MR) is 107 cm³/mol. The third-order valence-corrected chi connectivity index (χ3v) is 6.22. The van der Waals surface area contributed by atoms with Gasteiger partial charge in [-0.15, -0.1) is 0 Å². The highest BCUT2D eigenvalue weighted by molar-refractivity contribution is 5.78. The lowest BCUT2D eigenvalue weighted by atomic mass is 9.95. The van der Waals surface area contributed by atoms with Crippen molar-refractivity contribution in [1.29, 1.82) is 0 Å². The Morgan fingerprint density at radius 1 is 1.06 bits per heavy atom. The summed E-state index contributed by atoms with van der Waals surface area (Å²) in [6.07, 6.45) is -3.26. The number of nitrogens with zero attached hydrogens (tertiary/aromatic N) is 6. The first-order chi connectivity index (χ1) is 15.2. The molecule has 5 heterocycles. The Bertz CT molecular complexity index is 1060. The van der Waals surface area contributed by atoms with Crippen LogP contribution in [0.15, 0.2) is 12.1 Å². The Balaban J connectivity index is 1.21. The summed E-state index contributed by atoms with van der Waals surface area (Å²) in [4.78, 5) is 30.8. The number of aromatic nitrogens is 3. The number of anilines is 2. The number of fused-ring (bicyclic) bond motifs is 1. The van der Waals surface area contributed by atoms with E-state index < -0.39 is 17.7 Å². The molecule has 1 amide bonds. The summed E-state index contributed by atoms with van der Waals surface area (Å²) < 4.78 is 52.7. The maximum Gasteiger partial charge on any atom is 0.433 e. The van der Waals surface area contributed by atoms with Gasteiger partial charge < -0.3 is 14.7 Å². The number of carbonyl (C=O) groups is 1. The SMILES string of the molecule is Cc1nc2c(c(N3CCC3)n1)CN(C(=O)CC1CN(c3nc(C(F)(F)F)ccc3F)C1)C2. The van der Waals surface area contributed by atoms with Crippen molar-refractivity contribution in [3.63, 3.8) is 0 Å². The van der Waals surface area contributed by atoms with Gasteiger partial charge in [-0.2, -0.15) is 13.2 Å².